The zero-order valence-corrected chi connectivity index (χ0v) is 47.1. The van der Waals surface area contributed by atoms with E-state index in [4.69, 9.17) is 26.1 Å². The molecule has 0 aliphatic carbocycles. The van der Waals surface area contributed by atoms with Crippen LogP contribution in [0.2, 0.25) is 5.02 Å². The first-order valence-corrected chi connectivity index (χ1v) is 28.1. The maximum atomic E-state index is 17.2. The van der Waals surface area contributed by atoms with Crippen molar-refractivity contribution in [2.75, 3.05) is 70.5 Å². The van der Waals surface area contributed by atoms with E-state index in [1.54, 1.807) is 28.4 Å². The molecule has 79 heavy (non-hydrogen) atoms. The summed E-state index contributed by atoms with van der Waals surface area (Å²) in [5.74, 6) is -1.58. The number of piperidine rings is 1. The van der Waals surface area contributed by atoms with Crippen molar-refractivity contribution in [1.82, 2.24) is 40.3 Å². The minimum absolute atomic E-state index is 0.00494. The highest BCUT2D eigenvalue weighted by Gasteiger charge is 2.45. The van der Waals surface area contributed by atoms with Crippen molar-refractivity contribution in [3.05, 3.63) is 107 Å². The Kier molecular flexibility index (Phi) is 17.5. The Morgan fingerprint density at radius 1 is 0.987 bits per heavy atom. The van der Waals surface area contributed by atoms with Crippen LogP contribution >= 0.6 is 22.9 Å². The molecule has 5 atom stereocenters. The topological polar surface area (TPSA) is 203 Å². The van der Waals surface area contributed by atoms with Crippen LogP contribution in [-0.4, -0.2) is 153 Å². The second-order valence-electron chi connectivity index (χ2n) is 22.0. The van der Waals surface area contributed by atoms with E-state index >= 15 is 4.39 Å². The van der Waals surface area contributed by atoms with Gasteiger partial charge >= 0.3 is 6.01 Å². The Morgan fingerprint density at radius 3 is 2.43 bits per heavy atom. The number of β-amino-alcohol motifs (C(OH)–C–C–N with tert-alkyl or cyclic N) is 1. The number of halogens is 2. The minimum Gasteiger partial charge on any atom is -0.508 e. The highest BCUT2D eigenvalue weighted by atomic mass is 35.5. The van der Waals surface area contributed by atoms with Crippen LogP contribution in [0.3, 0.4) is 0 Å². The highest BCUT2D eigenvalue weighted by Crippen LogP contribution is 2.43. The fraction of sp³-hybridized carbons (Fsp3) is 0.441. The second kappa shape index (κ2) is 24.3. The molecule has 4 amide bonds. The van der Waals surface area contributed by atoms with Crippen molar-refractivity contribution in [3.8, 4) is 33.3 Å². The van der Waals surface area contributed by atoms with Crippen molar-refractivity contribution < 1.29 is 43.3 Å². The Bertz CT molecular complexity index is 3240. The number of amides is 4. The van der Waals surface area contributed by atoms with Gasteiger partial charge in [-0.05, 0) is 110 Å². The number of phenols is 1. The predicted octanol–water partition coefficient (Wildman–Crippen LogP) is 8.08. The van der Waals surface area contributed by atoms with Crippen LogP contribution in [0.15, 0.2) is 84.9 Å². The SMILES string of the molecule is C=CC(=O)N1CCN(c2nc(OCCN3CCC(COCC(=O)N[C@H](C(=O)N4C[C@H](O)C[C@H]4C(=O)N[C@@H](C)c4ccc(-c5scnc5C)cc4)C(C)(C)C)CC3)nc3c(F)c(-c4cc(O)cc5ccccc45)c(Cl)cc23)[C@@H](C)C1. The van der Waals surface area contributed by atoms with Gasteiger partial charge in [0.2, 0.25) is 23.6 Å². The molecular formula is C59H69ClFN9O8S. The molecule has 3 saturated heterocycles. The third-order valence-corrected chi connectivity index (χ3v) is 16.6. The standard InChI is InChI=1S/C59H69ClFN9O8S/c1-8-49(74)68-21-22-69(34(2)29-68)55-45-28-46(60)50(44-26-41(71)25-40-11-9-10-12-43(40)44)51(61)52(45)65-58(66-55)78-24-23-67-19-17-37(18-20-67)31-77-32-48(73)64-54(59(5,6)7)57(76)70-30-42(72)27-47(70)56(75)63-35(3)38-13-15-39(16-14-38)53-36(4)62-33-79-53/h8-16,25-26,28,33-35,37,42,47,54,71-72H,1,17-24,27,29-32H2,2-7H3,(H,63,75)(H,64,73)/t34-,35-,42+,47-,54+/m0/s1. The summed E-state index contributed by atoms with van der Waals surface area (Å²) < 4.78 is 29.4. The molecule has 3 aliphatic rings. The van der Waals surface area contributed by atoms with Crippen LogP contribution in [0, 0.1) is 24.1 Å². The quantitative estimate of drug-likeness (QED) is 0.0639. The lowest BCUT2D eigenvalue weighted by atomic mass is 9.85. The number of carbonyl (C=O) groups excluding carboxylic acids is 4. The molecule has 0 unspecified atom stereocenters. The number of fused-ring (bicyclic) bond motifs is 2. The van der Waals surface area contributed by atoms with E-state index in [1.165, 1.54) is 17.0 Å². The number of thiazole rings is 1. The maximum absolute atomic E-state index is 17.2. The van der Waals surface area contributed by atoms with Gasteiger partial charge in [0.25, 0.3) is 0 Å². The lowest BCUT2D eigenvalue weighted by Crippen LogP contribution is -2.58. The van der Waals surface area contributed by atoms with Crippen molar-refractivity contribution in [3.63, 3.8) is 0 Å². The van der Waals surface area contributed by atoms with Gasteiger partial charge in [0.05, 0.1) is 39.9 Å². The summed E-state index contributed by atoms with van der Waals surface area (Å²) in [5, 5.41) is 29.3. The van der Waals surface area contributed by atoms with E-state index in [0.717, 1.165) is 47.6 Å². The average molecular weight is 1120 g/mol. The van der Waals surface area contributed by atoms with Crippen LogP contribution in [0.4, 0.5) is 10.2 Å². The molecule has 0 saturated carbocycles. The van der Waals surface area contributed by atoms with Crippen molar-refractivity contribution in [2.45, 2.75) is 91.1 Å². The summed E-state index contributed by atoms with van der Waals surface area (Å²) in [6, 6.07) is 17.5. The van der Waals surface area contributed by atoms with Gasteiger partial charge in [0.15, 0.2) is 5.82 Å². The van der Waals surface area contributed by atoms with Gasteiger partial charge in [-0.1, -0.05) is 87.5 Å². The Hall–Kier alpha value is -6.77. The van der Waals surface area contributed by atoms with Gasteiger partial charge in [-0.15, -0.1) is 11.3 Å². The molecule has 0 radical (unpaired) electrons. The first-order valence-electron chi connectivity index (χ1n) is 26.9. The fourth-order valence-electron chi connectivity index (χ4n) is 11.0. The number of ether oxygens (including phenoxy) is 2. The minimum atomic E-state index is -0.990. The second-order valence-corrected chi connectivity index (χ2v) is 23.3. The van der Waals surface area contributed by atoms with Crippen LogP contribution in [0.25, 0.3) is 43.2 Å². The largest absolute Gasteiger partial charge is 0.508 e. The van der Waals surface area contributed by atoms with Gasteiger partial charge in [0.1, 0.15) is 42.4 Å². The maximum Gasteiger partial charge on any atom is 0.319 e. The van der Waals surface area contributed by atoms with Gasteiger partial charge in [-0.25, -0.2) is 9.37 Å². The zero-order chi connectivity index (χ0) is 56.3. The van der Waals surface area contributed by atoms with Gasteiger partial charge < -0.3 is 45.0 Å². The van der Waals surface area contributed by atoms with E-state index in [-0.39, 0.29) is 83.9 Å². The number of carbonyl (C=O) groups is 4. The molecule has 9 rings (SSSR count). The molecule has 4 aromatic carbocycles. The summed E-state index contributed by atoms with van der Waals surface area (Å²) >= 11 is 8.52. The number of anilines is 1. The van der Waals surface area contributed by atoms with Crippen LogP contribution in [0.1, 0.15) is 71.2 Å². The van der Waals surface area contributed by atoms with Gasteiger partial charge in [-0.3, -0.25) is 24.1 Å². The Labute approximate surface area is 468 Å². The normalized spacial score (nSPS) is 19.2. The van der Waals surface area contributed by atoms with Crippen LogP contribution in [0.5, 0.6) is 11.8 Å². The lowest BCUT2D eigenvalue weighted by Gasteiger charge is -2.40. The van der Waals surface area contributed by atoms with Crippen LogP contribution in [-0.2, 0) is 23.9 Å². The third kappa shape index (κ3) is 12.8. The third-order valence-electron chi connectivity index (χ3n) is 15.3. The molecular weight excluding hydrogens is 1050 g/mol. The molecule has 20 heteroatoms. The number of nitrogens with zero attached hydrogens (tertiary/aromatic N) is 7. The summed E-state index contributed by atoms with van der Waals surface area (Å²) in [6.07, 6.45) is 2.07. The number of aryl methyl sites for hydroxylation is 1. The molecule has 3 aliphatic heterocycles. The molecule has 5 heterocycles. The summed E-state index contributed by atoms with van der Waals surface area (Å²) in [6.45, 7) is 18.4. The number of nitrogens with one attached hydrogen (secondary N) is 2. The zero-order valence-electron chi connectivity index (χ0n) is 45.5. The Balaban J connectivity index is 0.786. The lowest BCUT2D eigenvalue weighted by molar-refractivity contribution is -0.144. The number of aromatic hydroxyl groups is 1. The monoisotopic (exact) mass is 1120 g/mol. The molecule has 418 valence electrons. The number of piperazine rings is 1. The van der Waals surface area contributed by atoms with Crippen LogP contribution < -0.4 is 20.3 Å². The summed E-state index contributed by atoms with van der Waals surface area (Å²) in [7, 11) is 0. The van der Waals surface area contributed by atoms with E-state index in [2.05, 4.69) is 32.1 Å². The average Bonchev–Trinajstić information content (AvgIpc) is 4.24. The fourth-order valence-corrected chi connectivity index (χ4v) is 12.1. The predicted molar refractivity (Wildman–Crippen MR) is 305 cm³/mol. The number of hydrogen-bond acceptors (Lipinski definition) is 14. The van der Waals surface area contributed by atoms with Gasteiger partial charge in [0, 0.05) is 56.1 Å². The van der Waals surface area contributed by atoms with Crippen molar-refractivity contribution in [1.29, 1.82) is 0 Å². The first kappa shape index (κ1) is 56.9. The molecule has 6 aromatic rings. The van der Waals surface area contributed by atoms with E-state index < -0.39 is 41.2 Å². The molecule has 2 aromatic heterocycles. The molecule has 0 spiro atoms. The summed E-state index contributed by atoms with van der Waals surface area (Å²) in [4.78, 5) is 76.3. The Morgan fingerprint density at radius 2 is 1.73 bits per heavy atom. The highest BCUT2D eigenvalue weighted by molar-refractivity contribution is 7.13. The molecule has 0 bridgehead atoms. The number of aliphatic hydroxyl groups is 1. The van der Waals surface area contributed by atoms with E-state index in [1.807, 2.05) is 100 Å². The molecule has 3 fully saturated rings. The number of benzene rings is 4. The number of rotatable bonds is 17. The van der Waals surface area contributed by atoms with Gasteiger partial charge in [-0.2, -0.15) is 9.97 Å². The first-order chi connectivity index (χ1) is 37.8. The van der Waals surface area contributed by atoms with E-state index in [0.29, 0.717) is 60.3 Å². The van der Waals surface area contributed by atoms with E-state index in [9.17, 15) is 29.4 Å². The summed E-state index contributed by atoms with van der Waals surface area (Å²) in [5.41, 5.74) is 4.47. The number of phenolic OH excluding ortho intramolecular Hbond substituents is 1. The number of likely N-dealkylation sites (tertiary alicyclic amines) is 2. The smallest absolute Gasteiger partial charge is 0.319 e. The number of aromatic nitrogens is 3. The molecule has 4 N–H and O–H groups in total. The number of aliphatic hydroxyl groups excluding tert-OH is 1. The van der Waals surface area contributed by atoms with Crippen molar-refractivity contribution >= 4 is 74.1 Å². The van der Waals surface area contributed by atoms with Crippen molar-refractivity contribution in [2.24, 2.45) is 11.3 Å². The number of hydrogen-bond donors (Lipinski definition) is 4. The molecule has 17 nitrogen and oxygen atoms in total.